The lowest BCUT2D eigenvalue weighted by atomic mass is 10.1. The summed E-state index contributed by atoms with van der Waals surface area (Å²) < 4.78 is 51.1. The van der Waals surface area contributed by atoms with Gasteiger partial charge in [-0.05, 0) is 49.2 Å². The van der Waals surface area contributed by atoms with Crippen molar-refractivity contribution < 1.29 is 56.7 Å². The number of amides is 3. The second-order valence-electron chi connectivity index (χ2n) is 15.1. The van der Waals surface area contributed by atoms with E-state index in [1.807, 2.05) is 12.1 Å². The maximum absolute atomic E-state index is 12.3. The van der Waals surface area contributed by atoms with Crippen LogP contribution < -0.4 is 27.4 Å². The smallest absolute Gasteiger partial charge is 0.292 e. The number of fused-ring (bicyclic) bond motifs is 2. The summed E-state index contributed by atoms with van der Waals surface area (Å²) in [6, 6.07) is 12.5. The number of aryl methyl sites for hydroxylation is 1. The average molecular weight is 961 g/mol. The molecule has 0 spiro atoms. The Bertz CT molecular complexity index is 2350. The van der Waals surface area contributed by atoms with Crippen molar-refractivity contribution in [1.29, 1.82) is 0 Å². The number of nitrogen functional groups attached to an aromatic ring is 2. The number of aromatic nitrogens is 5. The highest BCUT2D eigenvalue weighted by Crippen LogP contribution is 2.32. The summed E-state index contributed by atoms with van der Waals surface area (Å²) >= 11 is 0. The molecule has 5 aromatic rings. The summed E-state index contributed by atoms with van der Waals surface area (Å²) in [6.07, 6.45) is 8.76. The first-order valence-electron chi connectivity index (χ1n) is 23.0. The lowest BCUT2D eigenvalue weighted by Gasteiger charge is -2.09. The first kappa shape index (κ1) is 53.7. The van der Waals surface area contributed by atoms with E-state index in [-0.39, 0.29) is 43.2 Å². The lowest BCUT2D eigenvalue weighted by Crippen LogP contribution is -2.28. The molecule has 0 atom stereocenters. The molecule has 3 aromatic heterocycles. The van der Waals surface area contributed by atoms with Gasteiger partial charge < -0.3 is 69.7 Å². The number of hydrogen-bond acceptors (Lipinski definition) is 18. The number of anilines is 2. The fourth-order valence-corrected chi connectivity index (χ4v) is 6.48. The van der Waals surface area contributed by atoms with E-state index in [4.69, 9.17) is 65.3 Å². The van der Waals surface area contributed by atoms with Gasteiger partial charge in [0.05, 0.1) is 111 Å². The Balaban J connectivity index is 0.724. The minimum Gasteiger partial charge on any atom is -0.424 e. The number of nitrogens with one attached hydrogen (secondary N) is 3. The van der Waals surface area contributed by atoms with Gasteiger partial charge in [0, 0.05) is 55.7 Å². The number of terminal acetylenes is 1. The highest BCUT2D eigenvalue weighted by Gasteiger charge is 2.18. The van der Waals surface area contributed by atoms with Crippen LogP contribution in [0.1, 0.15) is 41.6 Å². The third-order valence-electron chi connectivity index (χ3n) is 9.93. The number of ether oxygens (including phenoxy) is 8. The summed E-state index contributed by atoms with van der Waals surface area (Å²) in [4.78, 5) is 49.2. The Morgan fingerprint density at radius 1 is 0.652 bits per heavy atom. The van der Waals surface area contributed by atoms with Crippen LogP contribution in [0.15, 0.2) is 53.2 Å². The lowest BCUT2D eigenvalue weighted by molar-refractivity contribution is -0.123. The minimum atomic E-state index is -0.204. The quantitative estimate of drug-likeness (QED) is 0.0282. The van der Waals surface area contributed by atoms with Crippen LogP contribution in [-0.4, -0.2) is 168 Å². The Morgan fingerprint density at radius 2 is 1.22 bits per heavy atom. The van der Waals surface area contributed by atoms with Gasteiger partial charge >= 0.3 is 0 Å². The number of oxazole rings is 1. The van der Waals surface area contributed by atoms with Gasteiger partial charge in [-0.25, -0.2) is 14.6 Å². The van der Waals surface area contributed by atoms with Gasteiger partial charge in [-0.1, -0.05) is 12.0 Å². The van der Waals surface area contributed by atoms with Crippen molar-refractivity contribution in [2.75, 3.05) is 137 Å². The summed E-state index contributed by atoms with van der Waals surface area (Å²) in [5.74, 6) is 2.42. The predicted octanol–water partition coefficient (Wildman–Crippen LogP) is 2.14. The van der Waals surface area contributed by atoms with Gasteiger partial charge in [0.15, 0.2) is 11.2 Å². The highest BCUT2D eigenvalue weighted by atomic mass is 16.6. The molecule has 69 heavy (non-hydrogen) atoms. The Labute approximate surface area is 400 Å². The zero-order valence-electron chi connectivity index (χ0n) is 39.0. The summed E-state index contributed by atoms with van der Waals surface area (Å²) in [5.41, 5.74) is 16.3. The van der Waals surface area contributed by atoms with Crippen molar-refractivity contribution in [3.05, 3.63) is 59.9 Å². The second-order valence-corrected chi connectivity index (χ2v) is 15.1. The first-order valence-corrected chi connectivity index (χ1v) is 23.0. The number of carbonyl (C=O) groups is 3. The predicted molar refractivity (Wildman–Crippen MR) is 255 cm³/mol. The Hall–Kier alpha value is -6.29. The Kier molecular flexibility index (Phi) is 24.7. The third kappa shape index (κ3) is 20.1. The SMILES string of the molecule is C#Cc1cccc(C(=O)NCCOCCOCCOCCOCCC(=O)NCCOCCOCCOCCOCCC(=O)NCCCCn2nc(-c3ccc4oc(N)nc4c3)c3c(N)ncnc32)c1. The van der Waals surface area contributed by atoms with Gasteiger partial charge in [0.2, 0.25) is 11.8 Å². The molecule has 0 saturated heterocycles. The molecule has 0 fully saturated rings. The first-order chi connectivity index (χ1) is 33.8. The van der Waals surface area contributed by atoms with Crippen molar-refractivity contribution in [2.45, 2.75) is 32.2 Å². The fourth-order valence-electron chi connectivity index (χ4n) is 6.48. The molecular weight excluding hydrogens is 897 g/mol. The van der Waals surface area contributed by atoms with E-state index < -0.39 is 0 Å². The molecule has 0 aliphatic heterocycles. The van der Waals surface area contributed by atoms with E-state index in [9.17, 15) is 14.4 Å². The van der Waals surface area contributed by atoms with E-state index in [1.165, 1.54) is 6.33 Å². The molecule has 3 heterocycles. The summed E-state index contributed by atoms with van der Waals surface area (Å²) in [6.45, 7) is 7.90. The van der Waals surface area contributed by atoms with E-state index >= 15 is 0 Å². The van der Waals surface area contributed by atoms with E-state index in [1.54, 1.807) is 35.0 Å². The molecule has 22 heteroatoms. The number of hydrogen-bond donors (Lipinski definition) is 5. The molecule has 0 aliphatic carbocycles. The van der Waals surface area contributed by atoms with Crippen molar-refractivity contribution >= 4 is 51.7 Å². The number of nitrogens with zero attached hydrogens (tertiary/aromatic N) is 5. The molecule has 3 amide bonds. The number of benzene rings is 2. The maximum atomic E-state index is 12.3. The number of carbonyl (C=O) groups excluding carboxylic acids is 3. The normalized spacial score (nSPS) is 11.3. The van der Waals surface area contributed by atoms with Gasteiger partial charge in [-0.2, -0.15) is 10.1 Å². The minimum absolute atomic E-state index is 0.0872. The van der Waals surface area contributed by atoms with Crippen LogP contribution in [0.2, 0.25) is 0 Å². The van der Waals surface area contributed by atoms with Crippen LogP contribution in [0.3, 0.4) is 0 Å². The standard InChI is InChI=1S/C47H64N10O12/c1-2-35-6-5-7-37(32-35)46(60)52-14-19-64-23-27-68-31-29-66-25-21-62-17-11-41(59)51-13-18-63-22-26-67-30-28-65-24-20-61-16-10-40(58)50-12-3-4-15-57-45-42(44(48)53-34-54-45)43(56-57)36-8-9-39-38(33-36)55-47(49)69-39/h1,5-9,32-34H,3-4,10-31H2,(H2,49,55)(H,50,58)(H,51,59)(H,52,60)(H2,48,53,54). The van der Waals surface area contributed by atoms with E-state index in [0.29, 0.717) is 170 Å². The molecule has 2 aromatic carbocycles. The van der Waals surface area contributed by atoms with Crippen LogP contribution in [0.4, 0.5) is 11.8 Å². The molecule has 0 bridgehead atoms. The van der Waals surface area contributed by atoms with Crippen molar-refractivity contribution in [3.8, 4) is 23.6 Å². The molecule has 374 valence electrons. The summed E-state index contributed by atoms with van der Waals surface area (Å²) in [5, 5.41) is 13.9. The van der Waals surface area contributed by atoms with Crippen LogP contribution in [-0.2, 0) is 54.0 Å². The van der Waals surface area contributed by atoms with Crippen LogP contribution >= 0.6 is 0 Å². The topological polar surface area (TPSA) is 283 Å². The number of nitrogens with two attached hydrogens (primary N) is 2. The zero-order valence-corrected chi connectivity index (χ0v) is 39.0. The average Bonchev–Trinajstić information content (AvgIpc) is 3.93. The Morgan fingerprint density at radius 3 is 1.83 bits per heavy atom. The van der Waals surface area contributed by atoms with E-state index in [0.717, 1.165) is 18.4 Å². The number of rotatable bonds is 37. The molecule has 22 nitrogen and oxygen atoms in total. The molecule has 0 radical (unpaired) electrons. The van der Waals surface area contributed by atoms with Crippen LogP contribution in [0.5, 0.6) is 0 Å². The van der Waals surface area contributed by atoms with Gasteiger partial charge in [-0.3, -0.25) is 14.4 Å². The second kappa shape index (κ2) is 31.7. The highest BCUT2D eigenvalue weighted by molar-refractivity contribution is 5.99. The van der Waals surface area contributed by atoms with E-state index in [2.05, 4.69) is 36.8 Å². The van der Waals surface area contributed by atoms with Gasteiger partial charge in [0.1, 0.15) is 23.4 Å². The molecule has 7 N–H and O–H groups in total. The van der Waals surface area contributed by atoms with Crippen molar-refractivity contribution in [2.24, 2.45) is 0 Å². The molecule has 0 saturated carbocycles. The van der Waals surface area contributed by atoms with Crippen LogP contribution in [0.25, 0.3) is 33.4 Å². The van der Waals surface area contributed by atoms with Crippen molar-refractivity contribution in [1.82, 2.24) is 40.7 Å². The largest absolute Gasteiger partial charge is 0.424 e. The molecule has 0 unspecified atom stereocenters. The fraction of sp³-hybridized carbons (Fsp3) is 0.511. The number of unbranched alkanes of at least 4 members (excludes halogenated alkanes) is 1. The monoisotopic (exact) mass is 960 g/mol. The van der Waals surface area contributed by atoms with Crippen molar-refractivity contribution in [3.63, 3.8) is 0 Å². The molecule has 5 rings (SSSR count). The molecular formula is C47H64N10O12. The zero-order chi connectivity index (χ0) is 48.7. The van der Waals surface area contributed by atoms with Crippen LogP contribution in [0, 0.1) is 12.3 Å². The maximum Gasteiger partial charge on any atom is 0.292 e. The third-order valence-corrected chi connectivity index (χ3v) is 9.93. The van der Waals surface area contributed by atoms with Gasteiger partial charge in [0.25, 0.3) is 11.9 Å². The molecule has 0 aliphatic rings. The summed E-state index contributed by atoms with van der Waals surface area (Å²) in [7, 11) is 0. The van der Waals surface area contributed by atoms with Gasteiger partial charge in [-0.15, -0.1) is 6.42 Å².